The normalized spacial score (nSPS) is 9.30. The first-order valence-electron chi connectivity index (χ1n) is 6.01. The Kier molecular flexibility index (Phi) is 6.23. The van der Waals surface area contributed by atoms with Crippen LogP contribution in [0.1, 0.15) is 11.1 Å². The predicted molar refractivity (Wildman–Crippen MR) is 85.2 cm³/mol. The highest BCUT2D eigenvalue weighted by Gasteiger charge is 2.10. The van der Waals surface area contributed by atoms with Gasteiger partial charge in [0.15, 0.2) is 6.20 Å². The second kappa shape index (κ2) is 7.90. The SMILES string of the molecule is Cc1cc([N+](=O)[O-])cnc1Br.[C-]#[N+]c1ncc([N+](=O)[O-])cc1C. The summed E-state index contributed by atoms with van der Waals surface area (Å²) in [6.45, 7) is 10.0. The number of hydrogen-bond donors (Lipinski definition) is 0. The number of pyridine rings is 2. The third-order valence-electron chi connectivity index (χ3n) is 2.56. The van der Waals surface area contributed by atoms with Gasteiger partial charge in [0, 0.05) is 12.1 Å². The highest BCUT2D eigenvalue weighted by atomic mass is 79.9. The standard InChI is InChI=1S/C7H5N3O2.C6H5BrN2O2/c1-5-3-6(10(11)12)4-9-7(5)8-2;1-4-2-5(9(10)11)3-8-6(4)7/h3-4H,1H3;2-3H,1H3. The van der Waals surface area contributed by atoms with E-state index >= 15 is 0 Å². The maximum absolute atomic E-state index is 10.2. The molecule has 0 unspecified atom stereocenters. The van der Waals surface area contributed by atoms with Gasteiger partial charge in [-0.1, -0.05) is 6.57 Å². The molecule has 2 heterocycles. The summed E-state index contributed by atoms with van der Waals surface area (Å²) < 4.78 is 0.642. The maximum Gasteiger partial charge on any atom is 0.309 e. The van der Waals surface area contributed by atoms with E-state index in [2.05, 4.69) is 30.7 Å². The number of halogens is 1. The molecule has 0 saturated heterocycles. The highest BCUT2D eigenvalue weighted by Crippen LogP contribution is 2.19. The highest BCUT2D eigenvalue weighted by molar-refractivity contribution is 9.10. The molecule has 0 atom stereocenters. The van der Waals surface area contributed by atoms with Crippen LogP contribution in [0.5, 0.6) is 0 Å². The molecule has 2 aromatic heterocycles. The average molecular weight is 380 g/mol. The van der Waals surface area contributed by atoms with Gasteiger partial charge in [0.1, 0.15) is 10.8 Å². The summed E-state index contributed by atoms with van der Waals surface area (Å²) in [6.07, 6.45) is 2.30. The first kappa shape index (κ1) is 18.1. The molecular weight excluding hydrogens is 370 g/mol. The number of nitro groups is 2. The van der Waals surface area contributed by atoms with Crippen LogP contribution in [0.3, 0.4) is 0 Å². The van der Waals surface area contributed by atoms with Gasteiger partial charge in [0.2, 0.25) is 0 Å². The summed E-state index contributed by atoms with van der Waals surface area (Å²) in [5, 5.41) is 20.5. The molecule has 2 aromatic rings. The Morgan fingerprint density at radius 2 is 1.52 bits per heavy atom. The van der Waals surface area contributed by atoms with Crippen molar-refractivity contribution in [1.29, 1.82) is 0 Å². The lowest BCUT2D eigenvalue weighted by molar-refractivity contribution is -0.385. The summed E-state index contributed by atoms with van der Waals surface area (Å²) in [6, 6.07) is 2.80. The van der Waals surface area contributed by atoms with Gasteiger partial charge in [-0.25, -0.2) is 4.98 Å². The van der Waals surface area contributed by atoms with E-state index in [1.165, 1.54) is 18.3 Å². The molecule has 23 heavy (non-hydrogen) atoms. The maximum atomic E-state index is 10.2. The van der Waals surface area contributed by atoms with Crippen LogP contribution < -0.4 is 0 Å². The zero-order valence-corrected chi connectivity index (χ0v) is 13.6. The Morgan fingerprint density at radius 1 is 1.04 bits per heavy atom. The van der Waals surface area contributed by atoms with Crippen LogP contribution >= 0.6 is 15.9 Å². The van der Waals surface area contributed by atoms with Crippen molar-refractivity contribution < 1.29 is 9.85 Å². The first-order chi connectivity index (χ1) is 10.8. The second-order valence-electron chi connectivity index (χ2n) is 4.26. The first-order valence-corrected chi connectivity index (χ1v) is 6.80. The minimum absolute atomic E-state index is 0.0192. The predicted octanol–water partition coefficient (Wildman–Crippen LogP) is 3.91. The van der Waals surface area contributed by atoms with Crippen LogP contribution in [-0.4, -0.2) is 19.8 Å². The third kappa shape index (κ3) is 5.08. The van der Waals surface area contributed by atoms with Gasteiger partial charge in [-0.05, 0) is 40.9 Å². The Labute approximate surface area is 139 Å². The van der Waals surface area contributed by atoms with E-state index in [1.807, 2.05) is 0 Å². The van der Waals surface area contributed by atoms with Gasteiger partial charge in [-0.15, -0.1) is 4.98 Å². The third-order valence-corrected chi connectivity index (χ3v) is 3.39. The molecule has 0 N–H and O–H groups in total. The summed E-state index contributed by atoms with van der Waals surface area (Å²) >= 11 is 3.14. The van der Waals surface area contributed by atoms with Gasteiger partial charge in [-0.2, -0.15) is 0 Å². The van der Waals surface area contributed by atoms with Crippen molar-refractivity contribution in [3.8, 4) is 0 Å². The molecule has 0 aliphatic rings. The van der Waals surface area contributed by atoms with E-state index in [0.717, 1.165) is 11.8 Å². The topological polar surface area (TPSA) is 116 Å². The number of hydrogen-bond acceptors (Lipinski definition) is 6. The molecule has 0 saturated carbocycles. The van der Waals surface area contributed by atoms with Crippen LogP contribution in [0, 0.1) is 40.6 Å². The van der Waals surface area contributed by atoms with E-state index in [9.17, 15) is 20.2 Å². The summed E-state index contributed by atoms with van der Waals surface area (Å²) in [5.41, 5.74) is 1.23. The van der Waals surface area contributed by atoms with E-state index in [0.29, 0.717) is 10.2 Å². The Balaban J connectivity index is 0.000000231. The lowest BCUT2D eigenvalue weighted by Crippen LogP contribution is -1.90. The quantitative estimate of drug-likeness (QED) is 0.338. The van der Waals surface area contributed by atoms with E-state index in [1.54, 1.807) is 13.8 Å². The summed E-state index contributed by atoms with van der Waals surface area (Å²) in [4.78, 5) is 29.9. The molecule has 0 aromatic carbocycles. The zero-order valence-electron chi connectivity index (χ0n) is 12.1. The molecule has 118 valence electrons. The van der Waals surface area contributed by atoms with Gasteiger partial charge in [-0.3, -0.25) is 20.2 Å². The molecule has 0 amide bonds. The fraction of sp³-hybridized carbons (Fsp3) is 0.154. The van der Waals surface area contributed by atoms with Gasteiger partial charge >= 0.3 is 5.69 Å². The van der Waals surface area contributed by atoms with Crippen molar-refractivity contribution in [2.24, 2.45) is 0 Å². The minimum Gasteiger partial charge on any atom is -0.360 e. The molecule has 10 heteroatoms. The zero-order chi connectivity index (χ0) is 17.6. The van der Waals surface area contributed by atoms with Crippen LogP contribution in [0.15, 0.2) is 29.1 Å². The van der Waals surface area contributed by atoms with E-state index in [4.69, 9.17) is 6.57 Å². The number of rotatable bonds is 2. The van der Waals surface area contributed by atoms with Gasteiger partial charge in [0.25, 0.3) is 11.5 Å². The van der Waals surface area contributed by atoms with Crippen molar-refractivity contribution in [2.45, 2.75) is 13.8 Å². The molecule has 0 fully saturated rings. The van der Waals surface area contributed by atoms with Crippen LogP contribution in [0.2, 0.25) is 0 Å². The number of nitrogens with zero attached hydrogens (tertiary/aromatic N) is 5. The van der Waals surface area contributed by atoms with E-state index in [-0.39, 0.29) is 17.2 Å². The average Bonchev–Trinajstić information content (AvgIpc) is 2.50. The van der Waals surface area contributed by atoms with Crippen LogP contribution in [-0.2, 0) is 0 Å². The molecule has 0 spiro atoms. The van der Waals surface area contributed by atoms with Crippen LogP contribution in [0.4, 0.5) is 17.2 Å². The molecular formula is C13H10BrN5O4. The van der Waals surface area contributed by atoms with Crippen LogP contribution in [0.25, 0.3) is 4.85 Å². The molecule has 9 nitrogen and oxygen atoms in total. The van der Waals surface area contributed by atoms with Crippen molar-refractivity contribution in [2.75, 3.05) is 0 Å². The second-order valence-corrected chi connectivity index (χ2v) is 5.01. The summed E-state index contributed by atoms with van der Waals surface area (Å²) in [5.74, 6) is 0.209. The number of aromatic nitrogens is 2. The molecule has 0 bridgehead atoms. The van der Waals surface area contributed by atoms with E-state index < -0.39 is 9.85 Å². The largest absolute Gasteiger partial charge is 0.360 e. The smallest absolute Gasteiger partial charge is 0.309 e. The fourth-order valence-corrected chi connectivity index (χ4v) is 1.63. The van der Waals surface area contributed by atoms with Crippen molar-refractivity contribution in [1.82, 2.24) is 9.97 Å². The monoisotopic (exact) mass is 379 g/mol. The van der Waals surface area contributed by atoms with Crippen molar-refractivity contribution in [3.05, 3.63) is 71.9 Å². The Hall–Kier alpha value is -2.93. The lowest BCUT2D eigenvalue weighted by Gasteiger charge is -1.94. The van der Waals surface area contributed by atoms with Crippen molar-refractivity contribution >= 4 is 33.1 Å². The van der Waals surface area contributed by atoms with Crippen molar-refractivity contribution in [3.63, 3.8) is 0 Å². The molecule has 0 aliphatic carbocycles. The molecule has 2 rings (SSSR count). The lowest BCUT2D eigenvalue weighted by atomic mass is 10.3. The van der Waals surface area contributed by atoms with Gasteiger partial charge in [0.05, 0.1) is 9.85 Å². The summed E-state index contributed by atoms with van der Waals surface area (Å²) in [7, 11) is 0. The minimum atomic E-state index is -0.534. The fourth-order valence-electron chi connectivity index (χ4n) is 1.41. The molecule has 0 aliphatic heterocycles. The number of aryl methyl sites for hydroxylation is 2. The van der Waals surface area contributed by atoms with Gasteiger partial charge < -0.3 is 4.85 Å². The Bertz CT molecular complexity index is 803. The molecule has 0 radical (unpaired) electrons. The Morgan fingerprint density at radius 3 is 1.91 bits per heavy atom.